The second-order valence-corrected chi connectivity index (χ2v) is 8.00. The Morgan fingerprint density at radius 1 is 0.882 bits per heavy atom. The van der Waals surface area contributed by atoms with Crippen LogP contribution in [0.4, 0.5) is 0 Å². The Bertz CT molecular complexity index is 1260. The van der Waals surface area contributed by atoms with Crippen LogP contribution in [-0.4, -0.2) is 35.0 Å². The average Bonchev–Trinajstić information content (AvgIpc) is 2.79. The number of oxime groups is 1. The maximum absolute atomic E-state index is 11.8. The zero-order valence-corrected chi connectivity index (χ0v) is 19.6. The Hall–Kier alpha value is -4.13. The summed E-state index contributed by atoms with van der Waals surface area (Å²) in [7, 11) is 1.51. The van der Waals surface area contributed by atoms with E-state index in [1.807, 2.05) is 57.2 Å². The van der Waals surface area contributed by atoms with Crippen LogP contribution >= 0.6 is 0 Å². The molecule has 0 unspecified atom stereocenters. The third-order valence-corrected chi connectivity index (χ3v) is 5.67. The molecule has 0 bridgehead atoms. The fourth-order valence-corrected chi connectivity index (χ4v) is 3.78. The van der Waals surface area contributed by atoms with Gasteiger partial charge in [-0.2, -0.15) is 0 Å². The normalized spacial score (nSPS) is 11.2. The third kappa shape index (κ3) is 5.61. The van der Waals surface area contributed by atoms with E-state index in [0.29, 0.717) is 18.6 Å². The average molecular weight is 462 g/mol. The van der Waals surface area contributed by atoms with Crippen molar-refractivity contribution in [1.29, 1.82) is 0 Å². The topological polar surface area (TPSA) is 105 Å². The maximum atomic E-state index is 11.8. The second-order valence-electron chi connectivity index (χ2n) is 8.00. The van der Waals surface area contributed by atoms with Crippen molar-refractivity contribution in [3.8, 4) is 5.75 Å². The molecule has 0 radical (unpaired) electrons. The molecular weight excluding hydrogens is 434 g/mol. The molecule has 176 valence electrons. The van der Waals surface area contributed by atoms with Crippen molar-refractivity contribution in [3.05, 3.63) is 99.1 Å². The number of carboxylic acids is 2. The van der Waals surface area contributed by atoms with Crippen molar-refractivity contribution < 1.29 is 29.4 Å². The molecule has 7 nitrogen and oxygen atoms in total. The molecule has 0 aliphatic carbocycles. The number of ether oxygens (including phenoxy) is 1. The van der Waals surface area contributed by atoms with Crippen molar-refractivity contribution in [1.82, 2.24) is 0 Å². The summed E-state index contributed by atoms with van der Waals surface area (Å²) in [6, 6.07) is 15.8. The monoisotopic (exact) mass is 461 g/mol. The molecule has 3 aromatic rings. The van der Waals surface area contributed by atoms with Gasteiger partial charge in [0.1, 0.15) is 19.5 Å². The molecule has 3 aromatic carbocycles. The minimum absolute atomic E-state index is 0.0206. The molecule has 0 atom stereocenters. The van der Waals surface area contributed by atoms with Crippen LogP contribution < -0.4 is 4.74 Å². The molecule has 0 heterocycles. The highest BCUT2D eigenvalue weighted by Gasteiger charge is 2.16. The van der Waals surface area contributed by atoms with Crippen molar-refractivity contribution in [3.63, 3.8) is 0 Å². The van der Waals surface area contributed by atoms with Gasteiger partial charge in [0.25, 0.3) is 0 Å². The lowest BCUT2D eigenvalue weighted by Crippen LogP contribution is -2.09. The van der Waals surface area contributed by atoms with E-state index in [-0.39, 0.29) is 11.1 Å². The van der Waals surface area contributed by atoms with E-state index in [0.717, 1.165) is 39.3 Å². The van der Waals surface area contributed by atoms with Crippen molar-refractivity contribution in [2.45, 2.75) is 33.8 Å². The number of hydrogen-bond donors (Lipinski definition) is 2. The molecule has 0 spiro atoms. The summed E-state index contributed by atoms with van der Waals surface area (Å²) in [6.07, 6.45) is 0.340. The number of carboxylic acid groups (broad SMARTS) is 2. The van der Waals surface area contributed by atoms with E-state index in [1.54, 1.807) is 6.07 Å². The van der Waals surface area contributed by atoms with Gasteiger partial charge in [-0.3, -0.25) is 0 Å². The van der Waals surface area contributed by atoms with Crippen LogP contribution in [0.1, 0.15) is 61.0 Å². The van der Waals surface area contributed by atoms with Crippen LogP contribution in [-0.2, 0) is 17.9 Å². The van der Waals surface area contributed by atoms with E-state index in [1.165, 1.54) is 19.2 Å². The SMILES string of the molecule is CON=C(C)c1ccc(OCc2c(C)cccc2Cc2ccc(C(=O)O)cc2C(=O)O)c(C)c1. The molecule has 0 aliphatic rings. The van der Waals surface area contributed by atoms with E-state index in [4.69, 9.17) is 9.57 Å². The lowest BCUT2D eigenvalue weighted by Gasteiger charge is -2.16. The number of benzene rings is 3. The fraction of sp³-hybridized carbons (Fsp3) is 0.222. The summed E-state index contributed by atoms with van der Waals surface area (Å²) in [6.45, 7) is 6.12. The molecule has 0 aromatic heterocycles. The van der Waals surface area contributed by atoms with Gasteiger partial charge in [0.15, 0.2) is 0 Å². The predicted octanol–water partition coefficient (Wildman–Crippen LogP) is 5.24. The Morgan fingerprint density at radius 3 is 2.26 bits per heavy atom. The van der Waals surface area contributed by atoms with Crippen LogP contribution in [0.2, 0.25) is 0 Å². The number of hydrogen-bond acceptors (Lipinski definition) is 5. The molecule has 3 rings (SSSR count). The zero-order valence-electron chi connectivity index (χ0n) is 19.6. The number of rotatable bonds is 9. The first-order valence-electron chi connectivity index (χ1n) is 10.7. The summed E-state index contributed by atoms with van der Waals surface area (Å²) in [4.78, 5) is 27.9. The summed E-state index contributed by atoms with van der Waals surface area (Å²) in [5.41, 5.74) is 6.02. The summed E-state index contributed by atoms with van der Waals surface area (Å²) in [5, 5.41) is 22.8. The smallest absolute Gasteiger partial charge is 0.336 e. The first-order chi connectivity index (χ1) is 16.2. The Labute approximate surface area is 198 Å². The van der Waals surface area contributed by atoms with Crippen LogP contribution in [0.5, 0.6) is 5.75 Å². The largest absolute Gasteiger partial charge is 0.489 e. The third-order valence-electron chi connectivity index (χ3n) is 5.67. The van der Waals surface area contributed by atoms with Crippen molar-refractivity contribution in [2.75, 3.05) is 7.11 Å². The Kier molecular flexibility index (Phi) is 7.68. The molecular formula is C27H27NO6. The molecule has 7 heteroatoms. The highest BCUT2D eigenvalue weighted by molar-refractivity contribution is 5.98. The quantitative estimate of drug-likeness (QED) is 0.333. The number of aryl methyl sites for hydroxylation is 2. The van der Waals surface area contributed by atoms with Crippen LogP contribution in [0.15, 0.2) is 59.8 Å². The Balaban J connectivity index is 1.87. The van der Waals surface area contributed by atoms with Gasteiger partial charge in [-0.05, 0) is 90.9 Å². The first kappa shape index (κ1) is 24.5. The summed E-state index contributed by atoms with van der Waals surface area (Å²) >= 11 is 0. The Morgan fingerprint density at radius 2 is 1.62 bits per heavy atom. The van der Waals surface area contributed by atoms with Crippen LogP contribution in [0, 0.1) is 13.8 Å². The molecule has 0 saturated carbocycles. The molecule has 34 heavy (non-hydrogen) atoms. The van der Waals surface area contributed by atoms with Gasteiger partial charge in [0.2, 0.25) is 0 Å². The van der Waals surface area contributed by atoms with Gasteiger partial charge in [0, 0.05) is 0 Å². The van der Waals surface area contributed by atoms with E-state index >= 15 is 0 Å². The molecule has 0 saturated heterocycles. The van der Waals surface area contributed by atoms with E-state index < -0.39 is 11.9 Å². The first-order valence-corrected chi connectivity index (χ1v) is 10.7. The predicted molar refractivity (Wildman–Crippen MR) is 129 cm³/mol. The molecule has 2 N–H and O–H groups in total. The van der Waals surface area contributed by atoms with Gasteiger partial charge < -0.3 is 19.8 Å². The number of nitrogens with zero attached hydrogens (tertiary/aromatic N) is 1. The minimum atomic E-state index is -1.16. The van der Waals surface area contributed by atoms with E-state index in [9.17, 15) is 19.8 Å². The van der Waals surface area contributed by atoms with Crippen LogP contribution in [0.25, 0.3) is 0 Å². The van der Waals surface area contributed by atoms with Gasteiger partial charge in [-0.25, -0.2) is 9.59 Å². The highest BCUT2D eigenvalue weighted by atomic mass is 16.6. The standard InChI is InChI=1S/C27H27NO6/c1-16-6-5-7-20(13-21-8-9-22(26(29)30)14-23(21)27(31)32)24(16)15-34-25-11-10-19(12-17(25)2)18(3)28-33-4/h5-12,14H,13,15H2,1-4H3,(H,29,30)(H,31,32). The molecule has 0 fully saturated rings. The van der Waals surface area contributed by atoms with Gasteiger partial charge in [0.05, 0.1) is 16.8 Å². The lowest BCUT2D eigenvalue weighted by molar-refractivity contribution is 0.0695. The lowest BCUT2D eigenvalue weighted by atomic mass is 9.93. The highest BCUT2D eigenvalue weighted by Crippen LogP contribution is 2.25. The maximum Gasteiger partial charge on any atom is 0.336 e. The minimum Gasteiger partial charge on any atom is -0.489 e. The summed E-state index contributed by atoms with van der Waals surface area (Å²) in [5.74, 6) is -1.59. The summed E-state index contributed by atoms with van der Waals surface area (Å²) < 4.78 is 6.14. The fourth-order valence-electron chi connectivity index (χ4n) is 3.78. The number of carbonyl (C=O) groups is 2. The van der Waals surface area contributed by atoms with Gasteiger partial charge in [-0.1, -0.05) is 29.4 Å². The van der Waals surface area contributed by atoms with Crippen molar-refractivity contribution >= 4 is 17.7 Å². The van der Waals surface area contributed by atoms with E-state index in [2.05, 4.69) is 5.16 Å². The number of aromatic carboxylic acids is 2. The second kappa shape index (κ2) is 10.7. The van der Waals surface area contributed by atoms with Crippen molar-refractivity contribution in [2.24, 2.45) is 5.16 Å². The van der Waals surface area contributed by atoms with Gasteiger partial charge in [-0.15, -0.1) is 0 Å². The van der Waals surface area contributed by atoms with Crippen LogP contribution in [0.3, 0.4) is 0 Å². The zero-order chi connectivity index (χ0) is 24.8. The molecule has 0 aliphatic heterocycles. The van der Waals surface area contributed by atoms with Gasteiger partial charge >= 0.3 is 11.9 Å². The molecule has 0 amide bonds.